The summed E-state index contributed by atoms with van der Waals surface area (Å²) in [4.78, 5) is 12.4. The monoisotopic (exact) mass is 784 g/mol. The Balaban J connectivity index is 1.20. The van der Waals surface area contributed by atoms with E-state index >= 15 is 0 Å². The van der Waals surface area contributed by atoms with Crippen LogP contribution in [-0.4, -0.2) is 163 Å². The van der Waals surface area contributed by atoms with Crippen molar-refractivity contribution in [3.8, 4) is 0 Å². The first-order chi connectivity index (χ1) is 26.1. The molecule has 3 heterocycles. The maximum atomic E-state index is 12.4. The van der Waals surface area contributed by atoms with Gasteiger partial charge < -0.3 is 74.4 Å². The molecule has 16 nitrogen and oxygen atoms in total. The molecular weight excluding hydrogens is 724 g/mol. The molecule has 0 aromatic rings. The fourth-order valence-corrected chi connectivity index (χ4v) is 11.3. The first-order valence-electron chi connectivity index (χ1n) is 19.9. The smallest absolute Gasteiger partial charge is 0.187 e. The third-order valence-electron chi connectivity index (χ3n) is 14.5. The summed E-state index contributed by atoms with van der Waals surface area (Å²) in [6.45, 7) is 6.58. The van der Waals surface area contributed by atoms with E-state index in [9.17, 15) is 50.8 Å². The molecule has 55 heavy (non-hydrogen) atoms. The zero-order chi connectivity index (χ0) is 39.7. The standard InChI is InChI=1S/C39H60O16/c1-5-20-23(13-22-19-7-6-17-12-18(42)8-10-38(17,3)21(19)9-11-39(20,22)4)51-37-34(55-35-31(48)29(46)26(43)16(2)50-35)33(28(45)25(15-41)53-37)54-36-32(49)30(47)27(44)24(14-40)52-36/h5,12,16,19,21-37,40-41,43-49H,6-11,13-15H2,1-4H3. The molecule has 21 atom stereocenters. The minimum atomic E-state index is -1.86. The molecule has 6 fully saturated rings. The van der Waals surface area contributed by atoms with Crippen molar-refractivity contribution in [3.63, 3.8) is 0 Å². The molecule has 0 bridgehead atoms. The van der Waals surface area contributed by atoms with Crippen LogP contribution in [0.1, 0.15) is 72.6 Å². The molecule has 21 unspecified atom stereocenters. The summed E-state index contributed by atoms with van der Waals surface area (Å²) in [5, 5.41) is 95.6. The van der Waals surface area contributed by atoms with E-state index in [0.29, 0.717) is 24.7 Å². The van der Waals surface area contributed by atoms with E-state index in [1.165, 1.54) is 12.5 Å². The van der Waals surface area contributed by atoms with Crippen molar-refractivity contribution in [2.75, 3.05) is 13.2 Å². The number of ketones is 1. The van der Waals surface area contributed by atoms with E-state index < -0.39 is 111 Å². The molecule has 0 amide bonds. The molecule has 3 aliphatic heterocycles. The predicted octanol–water partition coefficient (Wildman–Crippen LogP) is -1.06. The van der Waals surface area contributed by atoms with Crippen LogP contribution < -0.4 is 0 Å². The number of ether oxygens (including phenoxy) is 6. The van der Waals surface area contributed by atoms with Crippen LogP contribution in [0.4, 0.5) is 0 Å². The SMILES string of the molecule is CC=C1C(OC2OC(CO)C(O)C(OC3OC(CO)C(O)C(O)C3O)C2OC2OC(C)C(O)C(O)C2O)CC2C3CCC4=CC(=O)CCC4(C)C3CCC12C. The molecule has 7 rings (SSSR count). The molecule has 3 saturated carbocycles. The van der Waals surface area contributed by atoms with Crippen LogP contribution in [0.15, 0.2) is 23.3 Å². The number of hydrogen-bond acceptors (Lipinski definition) is 16. The van der Waals surface area contributed by atoms with Crippen LogP contribution in [0.5, 0.6) is 0 Å². The van der Waals surface area contributed by atoms with Crippen LogP contribution in [0, 0.1) is 28.6 Å². The van der Waals surface area contributed by atoms with Crippen LogP contribution in [0.2, 0.25) is 0 Å². The summed E-state index contributed by atoms with van der Waals surface area (Å²) in [6, 6.07) is 0. The zero-order valence-electron chi connectivity index (χ0n) is 31.9. The van der Waals surface area contributed by atoms with E-state index in [1.807, 2.05) is 13.0 Å². The van der Waals surface area contributed by atoms with Gasteiger partial charge in [-0.2, -0.15) is 0 Å². The van der Waals surface area contributed by atoms with Crippen molar-refractivity contribution in [1.29, 1.82) is 0 Å². The summed E-state index contributed by atoms with van der Waals surface area (Å²) < 4.78 is 36.8. The first kappa shape index (κ1) is 41.7. The number of allylic oxidation sites excluding steroid dienone is 2. The van der Waals surface area contributed by atoms with Crippen LogP contribution in [-0.2, 0) is 33.2 Å². The summed E-state index contributed by atoms with van der Waals surface area (Å²) >= 11 is 0. The lowest BCUT2D eigenvalue weighted by molar-refractivity contribution is -0.393. The van der Waals surface area contributed by atoms with Crippen molar-refractivity contribution in [2.24, 2.45) is 28.6 Å². The molecule has 16 heteroatoms. The summed E-state index contributed by atoms with van der Waals surface area (Å²) in [6.07, 6.45) is -14.3. The molecule has 4 aliphatic carbocycles. The summed E-state index contributed by atoms with van der Waals surface area (Å²) in [5.41, 5.74) is 2.05. The zero-order valence-corrected chi connectivity index (χ0v) is 31.9. The lowest BCUT2D eigenvalue weighted by Gasteiger charge is -2.57. The van der Waals surface area contributed by atoms with Gasteiger partial charge in [0.15, 0.2) is 24.7 Å². The summed E-state index contributed by atoms with van der Waals surface area (Å²) in [7, 11) is 0. The Hall–Kier alpha value is -1.45. The lowest BCUT2D eigenvalue weighted by Crippen LogP contribution is -2.67. The number of hydrogen-bond donors (Lipinski definition) is 9. The average Bonchev–Trinajstić information content (AvgIpc) is 3.45. The highest BCUT2D eigenvalue weighted by Crippen LogP contribution is 2.67. The molecule has 0 radical (unpaired) electrons. The third-order valence-corrected chi connectivity index (χ3v) is 14.5. The number of carbonyl (C=O) groups is 1. The van der Waals surface area contributed by atoms with E-state index in [1.54, 1.807) is 0 Å². The Morgan fingerprint density at radius 2 is 1.33 bits per heavy atom. The Morgan fingerprint density at radius 3 is 2.00 bits per heavy atom. The van der Waals surface area contributed by atoms with Crippen LogP contribution >= 0.6 is 0 Å². The first-order valence-corrected chi connectivity index (χ1v) is 19.9. The van der Waals surface area contributed by atoms with Gasteiger partial charge in [0.2, 0.25) is 0 Å². The molecule has 0 spiro atoms. The second-order valence-electron chi connectivity index (χ2n) is 17.3. The van der Waals surface area contributed by atoms with E-state index in [-0.39, 0.29) is 22.5 Å². The van der Waals surface area contributed by atoms with E-state index in [4.69, 9.17) is 28.4 Å². The molecule has 312 valence electrons. The van der Waals surface area contributed by atoms with Crippen molar-refractivity contribution in [3.05, 3.63) is 23.3 Å². The fraction of sp³-hybridized carbons (Fsp3) is 0.872. The molecule has 7 aliphatic rings. The number of rotatable bonds is 8. The van der Waals surface area contributed by atoms with Gasteiger partial charge in [0.1, 0.15) is 67.1 Å². The number of aliphatic hydroxyl groups is 9. The molecule has 9 N–H and O–H groups in total. The normalized spacial score (nSPS) is 53.7. The number of fused-ring (bicyclic) bond motifs is 5. The van der Waals surface area contributed by atoms with Gasteiger partial charge in [-0.25, -0.2) is 0 Å². The van der Waals surface area contributed by atoms with E-state index in [0.717, 1.165) is 37.7 Å². The van der Waals surface area contributed by atoms with Crippen LogP contribution in [0.25, 0.3) is 0 Å². The van der Waals surface area contributed by atoms with Crippen molar-refractivity contribution in [2.45, 2.75) is 171 Å². The van der Waals surface area contributed by atoms with Gasteiger partial charge in [0.25, 0.3) is 0 Å². The minimum Gasteiger partial charge on any atom is -0.394 e. The maximum absolute atomic E-state index is 12.4. The van der Waals surface area contributed by atoms with Gasteiger partial charge in [-0.3, -0.25) is 4.79 Å². The quantitative estimate of drug-likeness (QED) is 0.133. The van der Waals surface area contributed by atoms with Crippen LogP contribution in [0.3, 0.4) is 0 Å². The number of aliphatic hydroxyl groups excluding tert-OH is 9. The highest BCUT2D eigenvalue weighted by molar-refractivity contribution is 5.91. The minimum absolute atomic E-state index is 0.0474. The van der Waals surface area contributed by atoms with Crippen molar-refractivity contribution in [1.82, 2.24) is 0 Å². The highest BCUT2D eigenvalue weighted by Gasteiger charge is 2.61. The van der Waals surface area contributed by atoms with Gasteiger partial charge >= 0.3 is 0 Å². The van der Waals surface area contributed by atoms with Gasteiger partial charge in [-0.05, 0) is 92.6 Å². The molecular formula is C39H60O16. The van der Waals surface area contributed by atoms with Gasteiger partial charge in [0.05, 0.1) is 25.4 Å². The Bertz CT molecular complexity index is 1460. The number of carbonyl (C=O) groups excluding carboxylic acids is 1. The summed E-state index contributed by atoms with van der Waals surface area (Å²) in [5.74, 6) is 1.19. The topological polar surface area (TPSA) is 255 Å². The molecule has 0 aromatic heterocycles. The lowest BCUT2D eigenvalue weighted by atomic mass is 9.47. The maximum Gasteiger partial charge on any atom is 0.187 e. The predicted molar refractivity (Wildman–Crippen MR) is 188 cm³/mol. The largest absolute Gasteiger partial charge is 0.394 e. The highest BCUT2D eigenvalue weighted by atomic mass is 16.8. The third kappa shape index (κ3) is 7.10. The van der Waals surface area contributed by atoms with E-state index in [2.05, 4.69) is 19.9 Å². The van der Waals surface area contributed by atoms with Crippen molar-refractivity contribution < 1.29 is 79.2 Å². The van der Waals surface area contributed by atoms with Gasteiger partial charge in [0, 0.05) is 6.42 Å². The Labute approximate surface area is 320 Å². The fourth-order valence-electron chi connectivity index (χ4n) is 11.3. The molecule has 0 aromatic carbocycles. The average molecular weight is 785 g/mol. The van der Waals surface area contributed by atoms with Crippen molar-refractivity contribution >= 4 is 5.78 Å². The Kier molecular flexibility index (Phi) is 12.1. The van der Waals surface area contributed by atoms with Gasteiger partial charge in [-0.1, -0.05) is 25.5 Å². The Morgan fingerprint density at radius 1 is 0.709 bits per heavy atom. The second kappa shape index (κ2) is 16.0. The second-order valence-corrected chi connectivity index (χ2v) is 17.3. The van der Waals surface area contributed by atoms with Gasteiger partial charge in [-0.15, -0.1) is 0 Å². The molecule has 3 saturated heterocycles.